The third kappa shape index (κ3) is 1.80. The molecule has 0 saturated heterocycles. The van der Waals surface area contributed by atoms with Crippen molar-refractivity contribution in [1.29, 1.82) is 0 Å². The molecule has 1 atom stereocenters. The number of carboxylic acids is 1. The predicted octanol–water partition coefficient (Wildman–Crippen LogP) is 2.24. The molecule has 11 heavy (non-hydrogen) atoms. The smallest absolute Gasteiger partial charge is 0.311 e. The molecule has 1 heterocycles. The van der Waals surface area contributed by atoms with Gasteiger partial charge in [0.2, 0.25) is 0 Å². The molecule has 1 unspecified atom stereocenters. The maximum absolute atomic E-state index is 10.5. The summed E-state index contributed by atoms with van der Waals surface area (Å²) in [6.45, 7) is 3.67. The third-order valence-electron chi connectivity index (χ3n) is 1.55. The molecular formula is C8H10O2S. The number of aryl methyl sites for hydroxylation is 1. The number of aliphatic carboxylic acids is 1. The van der Waals surface area contributed by atoms with Gasteiger partial charge < -0.3 is 5.11 Å². The Morgan fingerprint density at radius 1 is 1.73 bits per heavy atom. The molecule has 0 saturated carbocycles. The summed E-state index contributed by atoms with van der Waals surface area (Å²) in [6.07, 6.45) is 0. The molecule has 1 N–H and O–H groups in total. The highest BCUT2D eigenvalue weighted by Gasteiger charge is 2.14. The molecule has 2 nitrogen and oxygen atoms in total. The molecule has 0 spiro atoms. The lowest BCUT2D eigenvalue weighted by Crippen LogP contribution is -2.05. The van der Waals surface area contributed by atoms with Crippen LogP contribution in [0.5, 0.6) is 0 Å². The molecule has 0 aliphatic rings. The number of hydrogen-bond donors (Lipinski definition) is 1. The molecular weight excluding hydrogens is 160 g/mol. The lowest BCUT2D eigenvalue weighted by atomic mass is 10.1. The molecule has 0 radical (unpaired) electrons. The van der Waals surface area contributed by atoms with E-state index < -0.39 is 5.97 Å². The molecule has 0 fully saturated rings. The molecule has 0 aliphatic heterocycles. The number of carbonyl (C=O) groups is 1. The van der Waals surface area contributed by atoms with Crippen molar-refractivity contribution in [3.05, 3.63) is 21.9 Å². The lowest BCUT2D eigenvalue weighted by Gasteiger charge is -1.99. The van der Waals surface area contributed by atoms with E-state index in [1.807, 2.05) is 18.4 Å². The Hall–Kier alpha value is -0.830. The van der Waals surface area contributed by atoms with Crippen LogP contribution < -0.4 is 0 Å². The van der Waals surface area contributed by atoms with Crippen molar-refractivity contribution in [2.75, 3.05) is 0 Å². The van der Waals surface area contributed by atoms with Gasteiger partial charge in [0.15, 0.2) is 0 Å². The zero-order valence-electron chi connectivity index (χ0n) is 6.50. The van der Waals surface area contributed by atoms with Crippen LogP contribution in [0.15, 0.2) is 11.4 Å². The second-order valence-corrected chi connectivity index (χ2v) is 3.53. The van der Waals surface area contributed by atoms with E-state index in [0.29, 0.717) is 0 Å². The first-order chi connectivity index (χ1) is 5.11. The zero-order valence-corrected chi connectivity index (χ0v) is 7.31. The first-order valence-electron chi connectivity index (χ1n) is 3.39. The van der Waals surface area contributed by atoms with Crippen molar-refractivity contribution in [2.24, 2.45) is 0 Å². The minimum atomic E-state index is -0.758. The van der Waals surface area contributed by atoms with Crippen molar-refractivity contribution in [2.45, 2.75) is 19.8 Å². The third-order valence-corrected chi connectivity index (χ3v) is 2.78. The van der Waals surface area contributed by atoms with E-state index in [2.05, 4.69) is 0 Å². The summed E-state index contributed by atoms with van der Waals surface area (Å²) in [5.74, 6) is -1.12. The number of hydrogen-bond acceptors (Lipinski definition) is 2. The molecule has 1 aromatic heterocycles. The first kappa shape index (κ1) is 8.27. The highest BCUT2D eigenvalue weighted by atomic mass is 32.1. The summed E-state index contributed by atoms with van der Waals surface area (Å²) in [5, 5.41) is 10.6. The molecule has 0 bridgehead atoms. The monoisotopic (exact) mass is 170 g/mol. The van der Waals surface area contributed by atoms with Gasteiger partial charge in [-0.1, -0.05) is 0 Å². The van der Waals surface area contributed by atoms with Gasteiger partial charge in [0.1, 0.15) is 0 Å². The summed E-state index contributed by atoms with van der Waals surface area (Å²) in [4.78, 5) is 11.4. The molecule has 0 aromatic carbocycles. The van der Waals surface area contributed by atoms with Gasteiger partial charge in [-0.25, -0.2) is 0 Å². The summed E-state index contributed by atoms with van der Waals surface area (Å²) in [6, 6.07) is 1.92. The summed E-state index contributed by atoms with van der Waals surface area (Å²) >= 11 is 1.51. The van der Waals surface area contributed by atoms with Crippen LogP contribution in [0.4, 0.5) is 0 Å². The van der Waals surface area contributed by atoms with E-state index in [9.17, 15) is 4.79 Å². The van der Waals surface area contributed by atoms with Gasteiger partial charge in [0, 0.05) is 4.88 Å². The molecule has 60 valence electrons. The fourth-order valence-corrected chi connectivity index (χ4v) is 1.75. The van der Waals surface area contributed by atoms with Crippen LogP contribution in [0, 0.1) is 6.92 Å². The topological polar surface area (TPSA) is 37.3 Å². The van der Waals surface area contributed by atoms with Gasteiger partial charge in [-0.2, -0.15) is 0 Å². The summed E-state index contributed by atoms with van der Waals surface area (Å²) < 4.78 is 0. The Balaban J connectivity index is 2.84. The van der Waals surface area contributed by atoms with Gasteiger partial charge in [-0.3, -0.25) is 4.79 Å². The Morgan fingerprint density at radius 2 is 2.36 bits per heavy atom. The van der Waals surface area contributed by atoms with Crippen LogP contribution in [-0.2, 0) is 4.79 Å². The minimum absolute atomic E-state index is 0.367. The van der Waals surface area contributed by atoms with E-state index in [4.69, 9.17) is 5.11 Å². The van der Waals surface area contributed by atoms with Gasteiger partial charge in [0.25, 0.3) is 0 Å². The Bertz CT molecular complexity index is 265. The summed E-state index contributed by atoms with van der Waals surface area (Å²) in [5.41, 5.74) is 1.14. The normalized spacial score (nSPS) is 12.9. The Labute approximate surface area is 69.5 Å². The van der Waals surface area contributed by atoms with E-state index in [1.165, 1.54) is 11.3 Å². The first-order valence-corrected chi connectivity index (χ1v) is 4.27. The van der Waals surface area contributed by atoms with Crippen LogP contribution in [-0.4, -0.2) is 11.1 Å². The average molecular weight is 170 g/mol. The fourth-order valence-electron chi connectivity index (χ4n) is 0.802. The molecule has 1 aromatic rings. The van der Waals surface area contributed by atoms with Crippen LogP contribution in [0.2, 0.25) is 0 Å². The highest BCUT2D eigenvalue weighted by molar-refractivity contribution is 7.10. The van der Waals surface area contributed by atoms with Gasteiger partial charge in [0.05, 0.1) is 5.92 Å². The average Bonchev–Trinajstić information content (AvgIpc) is 2.34. The van der Waals surface area contributed by atoms with Gasteiger partial charge in [-0.05, 0) is 30.9 Å². The quantitative estimate of drug-likeness (QED) is 0.739. The molecule has 1 rings (SSSR count). The van der Waals surface area contributed by atoms with Crippen LogP contribution >= 0.6 is 11.3 Å². The Morgan fingerprint density at radius 3 is 2.73 bits per heavy atom. The number of thiophene rings is 1. The predicted molar refractivity (Wildman–Crippen MR) is 45.1 cm³/mol. The van der Waals surface area contributed by atoms with Crippen LogP contribution in [0.25, 0.3) is 0 Å². The van der Waals surface area contributed by atoms with Crippen LogP contribution in [0.1, 0.15) is 23.3 Å². The molecule has 3 heteroatoms. The van der Waals surface area contributed by atoms with Crippen molar-refractivity contribution in [3.63, 3.8) is 0 Å². The van der Waals surface area contributed by atoms with Crippen LogP contribution in [0.3, 0.4) is 0 Å². The number of carboxylic acid groups (broad SMARTS) is 1. The maximum atomic E-state index is 10.5. The molecule has 0 amide bonds. The number of rotatable bonds is 2. The van der Waals surface area contributed by atoms with Crippen molar-refractivity contribution in [3.8, 4) is 0 Å². The van der Waals surface area contributed by atoms with E-state index in [1.54, 1.807) is 6.92 Å². The van der Waals surface area contributed by atoms with Gasteiger partial charge in [-0.15, -0.1) is 11.3 Å². The minimum Gasteiger partial charge on any atom is -0.481 e. The van der Waals surface area contributed by atoms with Crippen molar-refractivity contribution in [1.82, 2.24) is 0 Å². The maximum Gasteiger partial charge on any atom is 0.311 e. The molecule has 0 aliphatic carbocycles. The zero-order chi connectivity index (χ0) is 8.43. The second-order valence-electron chi connectivity index (χ2n) is 2.59. The lowest BCUT2D eigenvalue weighted by molar-refractivity contribution is -0.138. The summed E-state index contributed by atoms with van der Waals surface area (Å²) in [7, 11) is 0. The second kappa shape index (κ2) is 3.05. The fraction of sp³-hybridized carbons (Fsp3) is 0.375. The SMILES string of the molecule is Cc1csc(C(C)C(=O)O)c1. The van der Waals surface area contributed by atoms with Crippen molar-refractivity contribution >= 4 is 17.3 Å². The van der Waals surface area contributed by atoms with Crippen molar-refractivity contribution < 1.29 is 9.90 Å². The largest absolute Gasteiger partial charge is 0.481 e. The van der Waals surface area contributed by atoms with E-state index in [0.717, 1.165) is 10.4 Å². The van der Waals surface area contributed by atoms with E-state index >= 15 is 0 Å². The van der Waals surface area contributed by atoms with E-state index in [-0.39, 0.29) is 5.92 Å². The van der Waals surface area contributed by atoms with Gasteiger partial charge >= 0.3 is 5.97 Å². The Kier molecular flexibility index (Phi) is 2.29. The highest BCUT2D eigenvalue weighted by Crippen LogP contribution is 2.23. The standard InChI is InChI=1S/C8H10O2S/c1-5-3-7(11-4-5)6(2)8(9)10/h3-4,6H,1-2H3,(H,9,10).